The maximum absolute atomic E-state index is 13.1. The van der Waals surface area contributed by atoms with E-state index >= 15 is 0 Å². The second-order valence-corrected chi connectivity index (χ2v) is 9.51. The molecule has 2 aromatic rings. The number of rotatable bonds is 1. The molecule has 2 fully saturated rings. The lowest BCUT2D eigenvalue weighted by Gasteiger charge is -2.32. The Hall–Kier alpha value is -1.65. The number of carbonyl (C=O) groups is 1. The van der Waals surface area contributed by atoms with E-state index < -0.39 is 0 Å². The Morgan fingerprint density at radius 2 is 1.92 bits per heavy atom. The first-order valence-corrected chi connectivity index (χ1v) is 10.1. The summed E-state index contributed by atoms with van der Waals surface area (Å²) in [5.41, 5.74) is 4.20. The molecule has 3 heterocycles. The maximum Gasteiger partial charge on any atom is 0.263 e. The topological polar surface area (TPSA) is 32.3 Å². The molecule has 1 aliphatic carbocycles. The van der Waals surface area contributed by atoms with Crippen molar-refractivity contribution in [2.24, 2.45) is 11.8 Å². The van der Waals surface area contributed by atoms with Gasteiger partial charge >= 0.3 is 0 Å². The molecule has 1 aromatic heterocycles. The average Bonchev–Trinajstić information content (AvgIpc) is 3.27. The van der Waals surface area contributed by atoms with Crippen LogP contribution in [-0.2, 0) is 11.8 Å². The van der Waals surface area contributed by atoms with E-state index in [1.807, 2.05) is 0 Å². The smallest absolute Gasteiger partial charge is 0.263 e. The van der Waals surface area contributed by atoms with Crippen molar-refractivity contribution in [3.8, 4) is 10.4 Å². The van der Waals surface area contributed by atoms with Crippen LogP contribution in [0.25, 0.3) is 10.4 Å². The van der Waals surface area contributed by atoms with Crippen molar-refractivity contribution in [2.45, 2.75) is 25.7 Å². The minimum atomic E-state index is 0.126. The minimum absolute atomic E-state index is 0.126. The van der Waals surface area contributed by atoms with Gasteiger partial charge in [-0.3, -0.25) is 4.79 Å². The quantitative estimate of drug-likeness (QED) is 0.851. The predicted octanol–water partition coefficient (Wildman–Crippen LogP) is 3.54. The number of fused-ring (bicyclic) bond motifs is 4. The van der Waals surface area contributed by atoms with Gasteiger partial charge in [-0.15, -0.1) is 11.3 Å². The van der Waals surface area contributed by atoms with Gasteiger partial charge in [-0.1, -0.05) is 38.1 Å². The summed E-state index contributed by atoms with van der Waals surface area (Å²) in [6.45, 7) is 8.58. The number of carbonyl (C=O) groups excluding carboxylic acids is 1. The molecule has 3 aliphatic rings. The van der Waals surface area contributed by atoms with Crippen molar-refractivity contribution >= 4 is 17.2 Å². The largest absolute Gasteiger partial charge is 0.337 e. The van der Waals surface area contributed by atoms with Gasteiger partial charge < -0.3 is 10.2 Å². The molecular weight excluding hydrogens is 328 g/mol. The number of benzene rings is 1. The van der Waals surface area contributed by atoms with Gasteiger partial charge in [-0.2, -0.15) is 0 Å². The zero-order chi connectivity index (χ0) is 17.2. The second-order valence-electron chi connectivity index (χ2n) is 8.46. The van der Waals surface area contributed by atoms with Crippen molar-refractivity contribution in [3.05, 3.63) is 46.3 Å². The highest BCUT2D eigenvalue weighted by atomic mass is 32.1. The van der Waals surface area contributed by atoms with Crippen LogP contribution in [0.15, 0.2) is 30.3 Å². The number of hydrogen-bond donors (Lipinski definition) is 1. The number of amides is 1. The van der Waals surface area contributed by atoms with E-state index in [2.05, 4.69) is 54.4 Å². The maximum atomic E-state index is 13.1. The van der Waals surface area contributed by atoms with E-state index in [4.69, 9.17) is 0 Å². The molecular formula is C21H24N2OS. The van der Waals surface area contributed by atoms with Crippen molar-refractivity contribution in [1.82, 2.24) is 10.2 Å². The van der Waals surface area contributed by atoms with Gasteiger partial charge in [-0.25, -0.2) is 0 Å². The first kappa shape index (κ1) is 15.6. The zero-order valence-corrected chi connectivity index (χ0v) is 15.7. The highest BCUT2D eigenvalue weighted by Crippen LogP contribution is 2.46. The summed E-state index contributed by atoms with van der Waals surface area (Å²) in [6.07, 6.45) is 1.01. The van der Waals surface area contributed by atoms with Crippen LogP contribution in [0.1, 0.15) is 34.6 Å². The number of nitrogens with zero attached hydrogens (tertiary/aromatic N) is 1. The fourth-order valence-corrected chi connectivity index (χ4v) is 6.10. The molecule has 5 rings (SSSR count). The molecule has 3 nitrogen and oxygen atoms in total. The van der Waals surface area contributed by atoms with Crippen LogP contribution in [0, 0.1) is 11.8 Å². The molecule has 0 bridgehead atoms. The summed E-state index contributed by atoms with van der Waals surface area (Å²) in [5, 5.41) is 3.45. The fourth-order valence-electron chi connectivity index (χ4n) is 4.91. The van der Waals surface area contributed by atoms with Crippen LogP contribution >= 0.6 is 11.3 Å². The first-order chi connectivity index (χ1) is 12.0. The van der Waals surface area contributed by atoms with Crippen LogP contribution in [0.5, 0.6) is 0 Å². The summed E-state index contributed by atoms with van der Waals surface area (Å²) in [6, 6.07) is 10.9. The molecule has 1 N–H and O–H groups in total. The molecule has 1 amide bonds. The molecule has 130 valence electrons. The van der Waals surface area contributed by atoms with E-state index in [9.17, 15) is 4.79 Å². The van der Waals surface area contributed by atoms with Crippen molar-refractivity contribution in [2.75, 3.05) is 26.2 Å². The monoisotopic (exact) mass is 352 g/mol. The summed E-state index contributed by atoms with van der Waals surface area (Å²) in [7, 11) is 0. The molecule has 2 atom stereocenters. The lowest BCUT2D eigenvalue weighted by Crippen LogP contribution is -2.31. The lowest BCUT2D eigenvalue weighted by atomic mass is 9.73. The highest BCUT2D eigenvalue weighted by Gasteiger charge is 2.39. The first-order valence-electron chi connectivity index (χ1n) is 9.25. The Morgan fingerprint density at radius 3 is 2.68 bits per heavy atom. The summed E-state index contributed by atoms with van der Waals surface area (Å²) < 4.78 is 0. The van der Waals surface area contributed by atoms with Crippen LogP contribution < -0.4 is 5.32 Å². The predicted molar refractivity (Wildman–Crippen MR) is 102 cm³/mol. The van der Waals surface area contributed by atoms with Gasteiger partial charge in [-0.05, 0) is 46.4 Å². The molecule has 0 radical (unpaired) electrons. The highest BCUT2D eigenvalue weighted by molar-refractivity contribution is 7.17. The van der Waals surface area contributed by atoms with E-state index in [0.717, 1.165) is 37.5 Å². The average molecular weight is 353 g/mol. The fraction of sp³-hybridized carbons (Fsp3) is 0.476. The van der Waals surface area contributed by atoms with Crippen molar-refractivity contribution in [1.29, 1.82) is 0 Å². The third kappa shape index (κ3) is 2.38. The van der Waals surface area contributed by atoms with Crippen molar-refractivity contribution < 1.29 is 4.79 Å². The standard InChI is InChI=1S/C21H24N2OS/c1-21(2)8-13-7-18(25-19(13)16-5-3-4-6-17(16)21)20(24)23-11-14-9-22-10-15(14)12-23/h3-7,14-15,22H,8-12H2,1-2H3/t14-,15+. The van der Waals surface area contributed by atoms with E-state index in [1.54, 1.807) is 11.3 Å². The lowest BCUT2D eigenvalue weighted by molar-refractivity contribution is 0.0786. The number of nitrogens with one attached hydrogen (secondary N) is 1. The van der Waals surface area contributed by atoms with Crippen LogP contribution in [0.4, 0.5) is 0 Å². The number of hydrogen-bond acceptors (Lipinski definition) is 3. The van der Waals surface area contributed by atoms with E-state index in [-0.39, 0.29) is 11.3 Å². The van der Waals surface area contributed by atoms with Gasteiger partial charge in [0, 0.05) is 31.1 Å². The molecule has 0 spiro atoms. The zero-order valence-electron chi connectivity index (χ0n) is 14.8. The van der Waals surface area contributed by atoms with Gasteiger partial charge in [0.15, 0.2) is 0 Å². The van der Waals surface area contributed by atoms with Crippen LogP contribution in [-0.4, -0.2) is 37.0 Å². The minimum Gasteiger partial charge on any atom is -0.337 e. The third-order valence-corrected chi connectivity index (χ3v) is 7.43. The summed E-state index contributed by atoms with van der Waals surface area (Å²) in [5.74, 6) is 1.54. The Morgan fingerprint density at radius 1 is 1.20 bits per heavy atom. The molecule has 25 heavy (non-hydrogen) atoms. The van der Waals surface area contributed by atoms with Crippen LogP contribution in [0.3, 0.4) is 0 Å². The molecule has 2 aliphatic heterocycles. The second kappa shape index (κ2) is 5.42. The van der Waals surface area contributed by atoms with E-state index in [0.29, 0.717) is 11.8 Å². The number of thiophene rings is 1. The summed E-state index contributed by atoms with van der Waals surface area (Å²) >= 11 is 1.69. The third-order valence-electron chi connectivity index (χ3n) is 6.23. The normalized spacial score (nSPS) is 26.2. The molecule has 2 saturated heterocycles. The Bertz CT molecular complexity index is 841. The summed E-state index contributed by atoms with van der Waals surface area (Å²) in [4.78, 5) is 17.4. The van der Waals surface area contributed by atoms with Crippen molar-refractivity contribution in [3.63, 3.8) is 0 Å². The van der Waals surface area contributed by atoms with Gasteiger partial charge in [0.25, 0.3) is 5.91 Å². The molecule has 0 unspecified atom stereocenters. The number of likely N-dealkylation sites (tertiary alicyclic amines) is 1. The van der Waals surface area contributed by atoms with Crippen LogP contribution in [0.2, 0.25) is 0 Å². The Labute approximate surface area is 153 Å². The molecule has 4 heteroatoms. The Balaban J connectivity index is 1.49. The Kier molecular flexibility index (Phi) is 3.38. The SMILES string of the molecule is CC1(C)Cc2cc(C(=O)N3C[C@H]4CNC[C@H]4C3)sc2-c2ccccc21. The van der Waals surface area contributed by atoms with Gasteiger partial charge in [0.1, 0.15) is 0 Å². The van der Waals surface area contributed by atoms with E-state index in [1.165, 1.54) is 21.6 Å². The molecule has 0 saturated carbocycles. The molecule has 1 aromatic carbocycles. The van der Waals surface area contributed by atoms with Gasteiger partial charge in [0.2, 0.25) is 0 Å². The van der Waals surface area contributed by atoms with Gasteiger partial charge in [0.05, 0.1) is 4.88 Å².